The monoisotopic (exact) mass is 294 g/mol. The first kappa shape index (κ1) is 9.99. The van der Waals surface area contributed by atoms with Crippen molar-refractivity contribution in [3.8, 4) is 0 Å². The lowest BCUT2D eigenvalue weighted by Gasteiger charge is -2.09. The third kappa shape index (κ3) is 1.98. The summed E-state index contributed by atoms with van der Waals surface area (Å²) in [6.45, 7) is 5.66. The second-order valence-electron chi connectivity index (χ2n) is 2.72. The average molecular weight is 296 g/mol. The molecule has 1 unspecified atom stereocenters. The summed E-state index contributed by atoms with van der Waals surface area (Å²) in [4.78, 5) is 11.0. The third-order valence-electron chi connectivity index (χ3n) is 1.45. The lowest BCUT2D eigenvalue weighted by atomic mass is 10.1. The Labute approximate surface area is 87.9 Å². The van der Waals surface area contributed by atoms with Crippen LogP contribution in [0.1, 0.15) is 13.3 Å². The van der Waals surface area contributed by atoms with Crippen LogP contribution >= 0.6 is 31.9 Å². The molecule has 0 bridgehead atoms. The summed E-state index contributed by atoms with van der Waals surface area (Å²) in [6, 6.07) is 0. The summed E-state index contributed by atoms with van der Waals surface area (Å²) in [5.74, 6) is -0.312. The van der Waals surface area contributed by atoms with Crippen LogP contribution in [-0.2, 0) is 9.53 Å². The van der Waals surface area contributed by atoms with E-state index in [1.165, 1.54) is 0 Å². The highest BCUT2D eigenvalue weighted by Crippen LogP contribution is 2.34. The fraction of sp³-hybridized carbons (Fsp3) is 0.375. The van der Waals surface area contributed by atoms with Crippen LogP contribution in [0.3, 0.4) is 0 Å². The van der Waals surface area contributed by atoms with E-state index in [0.717, 1.165) is 10.1 Å². The molecule has 1 aliphatic rings. The van der Waals surface area contributed by atoms with Crippen molar-refractivity contribution in [2.75, 3.05) is 0 Å². The van der Waals surface area contributed by atoms with Gasteiger partial charge in [0.05, 0.1) is 4.48 Å². The maximum Gasteiger partial charge on any atom is 0.346 e. The molecule has 0 aromatic rings. The lowest BCUT2D eigenvalue weighted by Crippen LogP contribution is -2.09. The molecule has 0 saturated heterocycles. The van der Waals surface area contributed by atoms with E-state index in [0.29, 0.717) is 10.9 Å². The minimum absolute atomic E-state index is 0.190. The van der Waals surface area contributed by atoms with E-state index in [1.807, 2.05) is 6.92 Å². The molecular formula is C8H8Br2O2. The van der Waals surface area contributed by atoms with Gasteiger partial charge in [0.15, 0.2) is 0 Å². The maximum atomic E-state index is 11.0. The molecule has 1 atom stereocenters. The summed E-state index contributed by atoms with van der Waals surface area (Å²) in [5.41, 5.74) is 0.993. The fourth-order valence-electron chi connectivity index (χ4n) is 0.919. The van der Waals surface area contributed by atoms with Crippen molar-refractivity contribution in [2.24, 2.45) is 0 Å². The Kier molecular flexibility index (Phi) is 3.12. The maximum absolute atomic E-state index is 11.0. The molecule has 12 heavy (non-hydrogen) atoms. The van der Waals surface area contributed by atoms with Crippen LogP contribution in [0.5, 0.6) is 0 Å². The Hall–Kier alpha value is -0.0900. The molecule has 0 aromatic carbocycles. The summed E-state index contributed by atoms with van der Waals surface area (Å²) < 4.78 is 6.28. The zero-order chi connectivity index (χ0) is 9.30. The smallest absolute Gasteiger partial charge is 0.346 e. The number of esters is 1. The molecule has 0 spiro atoms. The minimum Gasteiger partial charge on any atom is -0.453 e. The largest absolute Gasteiger partial charge is 0.453 e. The highest BCUT2D eigenvalue weighted by Gasteiger charge is 2.30. The zero-order valence-electron chi connectivity index (χ0n) is 6.56. The number of carbonyl (C=O) groups excluding carboxylic acids is 1. The number of ether oxygens (including phenoxy) is 1. The van der Waals surface area contributed by atoms with Crippen molar-refractivity contribution >= 4 is 37.8 Å². The van der Waals surface area contributed by atoms with Crippen molar-refractivity contribution in [2.45, 2.75) is 19.4 Å². The van der Waals surface area contributed by atoms with Crippen LogP contribution in [0.15, 0.2) is 21.1 Å². The first-order valence-corrected chi connectivity index (χ1v) is 5.01. The Bertz CT molecular complexity index is 268. The van der Waals surface area contributed by atoms with Gasteiger partial charge in [-0.1, -0.05) is 28.1 Å². The Morgan fingerprint density at radius 2 is 2.25 bits per heavy atom. The summed E-state index contributed by atoms with van der Waals surface area (Å²) >= 11 is 6.41. The van der Waals surface area contributed by atoms with Crippen molar-refractivity contribution in [3.63, 3.8) is 0 Å². The van der Waals surface area contributed by atoms with Gasteiger partial charge >= 0.3 is 5.97 Å². The van der Waals surface area contributed by atoms with E-state index < -0.39 is 0 Å². The van der Waals surface area contributed by atoms with E-state index in [2.05, 4.69) is 38.4 Å². The van der Waals surface area contributed by atoms with Crippen LogP contribution in [0, 0.1) is 0 Å². The highest BCUT2D eigenvalue weighted by atomic mass is 79.9. The molecule has 4 heteroatoms. The van der Waals surface area contributed by atoms with Gasteiger partial charge in [-0.15, -0.1) is 0 Å². The molecule has 0 fully saturated rings. The SMILES string of the molecule is C=C(C)CC1OC(=O)C(Br)=C1Br. The Morgan fingerprint density at radius 1 is 1.67 bits per heavy atom. The van der Waals surface area contributed by atoms with Gasteiger partial charge in [0.2, 0.25) is 0 Å². The Balaban J connectivity index is 2.73. The number of hydrogen-bond acceptors (Lipinski definition) is 2. The quantitative estimate of drug-likeness (QED) is 0.578. The second kappa shape index (κ2) is 3.75. The number of rotatable bonds is 2. The van der Waals surface area contributed by atoms with Crippen molar-refractivity contribution in [1.82, 2.24) is 0 Å². The van der Waals surface area contributed by atoms with Crippen LogP contribution in [-0.4, -0.2) is 12.1 Å². The number of hydrogen-bond donors (Lipinski definition) is 0. The van der Waals surface area contributed by atoms with E-state index in [4.69, 9.17) is 4.74 Å². The van der Waals surface area contributed by atoms with Crippen molar-refractivity contribution in [3.05, 3.63) is 21.1 Å². The van der Waals surface area contributed by atoms with Crippen LogP contribution < -0.4 is 0 Å². The predicted octanol–water partition coefficient (Wildman–Crippen LogP) is 2.88. The van der Waals surface area contributed by atoms with Crippen LogP contribution in [0.25, 0.3) is 0 Å². The first-order valence-electron chi connectivity index (χ1n) is 3.43. The second-order valence-corrected chi connectivity index (χ2v) is 4.36. The first-order chi connectivity index (χ1) is 5.52. The van der Waals surface area contributed by atoms with Gasteiger partial charge < -0.3 is 4.74 Å². The lowest BCUT2D eigenvalue weighted by molar-refractivity contribution is -0.138. The summed E-state index contributed by atoms with van der Waals surface area (Å²) in [5, 5.41) is 0. The van der Waals surface area contributed by atoms with Gasteiger partial charge in [0.25, 0.3) is 0 Å². The summed E-state index contributed by atoms with van der Waals surface area (Å²) in [7, 11) is 0. The topological polar surface area (TPSA) is 26.3 Å². The molecule has 0 radical (unpaired) electrons. The number of cyclic esters (lactones) is 1. The van der Waals surface area contributed by atoms with Gasteiger partial charge in [0.1, 0.15) is 10.6 Å². The molecule has 0 saturated carbocycles. The number of halogens is 2. The van der Waals surface area contributed by atoms with Crippen LogP contribution in [0.2, 0.25) is 0 Å². The molecule has 0 aromatic heterocycles. The van der Waals surface area contributed by atoms with E-state index in [-0.39, 0.29) is 12.1 Å². The average Bonchev–Trinajstić information content (AvgIpc) is 2.17. The van der Waals surface area contributed by atoms with Gasteiger partial charge in [-0.2, -0.15) is 0 Å². The van der Waals surface area contributed by atoms with Crippen molar-refractivity contribution in [1.29, 1.82) is 0 Å². The standard InChI is InChI=1S/C8H8Br2O2/c1-4(2)3-5-6(9)7(10)8(11)12-5/h5H,1,3H2,2H3. The number of carbonyl (C=O) groups is 1. The molecule has 0 aliphatic carbocycles. The van der Waals surface area contributed by atoms with E-state index in [9.17, 15) is 4.79 Å². The summed E-state index contributed by atoms with van der Waals surface area (Å²) in [6.07, 6.45) is 0.478. The van der Waals surface area contributed by atoms with E-state index >= 15 is 0 Å². The minimum atomic E-state index is -0.312. The molecule has 0 N–H and O–H groups in total. The Morgan fingerprint density at radius 3 is 2.58 bits per heavy atom. The predicted molar refractivity (Wildman–Crippen MR) is 54.2 cm³/mol. The highest BCUT2D eigenvalue weighted by molar-refractivity contribution is 9.14. The molecule has 1 heterocycles. The van der Waals surface area contributed by atoms with Gasteiger partial charge in [0, 0.05) is 6.42 Å². The van der Waals surface area contributed by atoms with Gasteiger partial charge in [-0.25, -0.2) is 4.79 Å². The molecule has 66 valence electrons. The van der Waals surface area contributed by atoms with Crippen LogP contribution in [0.4, 0.5) is 0 Å². The molecule has 0 amide bonds. The molecule has 1 aliphatic heterocycles. The third-order valence-corrected chi connectivity index (χ3v) is 3.64. The fourth-order valence-corrected chi connectivity index (χ4v) is 1.69. The molecular weight excluding hydrogens is 288 g/mol. The molecule has 2 nitrogen and oxygen atoms in total. The van der Waals surface area contributed by atoms with E-state index in [1.54, 1.807) is 0 Å². The zero-order valence-corrected chi connectivity index (χ0v) is 9.74. The van der Waals surface area contributed by atoms with Gasteiger partial charge in [-0.05, 0) is 22.9 Å². The van der Waals surface area contributed by atoms with Crippen molar-refractivity contribution < 1.29 is 9.53 Å². The van der Waals surface area contributed by atoms with Gasteiger partial charge in [-0.3, -0.25) is 0 Å². The normalized spacial score (nSPS) is 22.9. The molecule has 1 rings (SSSR count).